The van der Waals surface area contributed by atoms with Crippen LogP contribution in [0.1, 0.15) is 13.3 Å². The van der Waals surface area contributed by atoms with E-state index >= 15 is 0 Å². The zero-order valence-electron chi connectivity index (χ0n) is 5.94. The third kappa shape index (κ3) is 2.12. The van der Waals surface area contributed by atoms with Crippen molar-refractivity contribution in [1.29, 1.82) is 0 Å². The molecule has 0 spiro atoms. The first-order valence-electron chi connectivity index (χ1n) is 3.03. The average Bonchev–Trinajstić information content (AvgIpc) is 2.17. The zero-order chi connectivity index (χ0) is 6.04. The summed E-state index contributed by atoms with van der Waals surface area (Å²) < 4.78 is 5.24. The Morgan fingerprint density at radius 3 is 2.44 bits per heavy atom. The van der Waals surface area contributed by atoms with Crippen LogP contribution < -0.4 is 5.32 Å². The number of nitrogens with one attached hydrogen (secondary N) is 1. The Bertz CT molecular complexity index is 81.1. The molecule has 2 nitrogen and oxygen atoms in total. The van der Waals surface area contributed by atoms with Gasteiger partial charge in [-0.2, -0.15) is 0 Å². The maximum atomic E-state index is 5.24. The van der Waals surface area contributed by atoms with Crippen molar-refractivity contribution in [2.24, 2.45) is 0 Å². The summed E-state index contributed by atoms with van der Waals surface area (Å²) in [5.74, 6) is 0. The van der Waals surface area contributed by atoms with E-state index < -0.39 is 0 Å². The molecule has 1 aliphatic rings. The fourth-order valence-corrected chi connectivity index (χ4v) is 0.968. The number of rotatable bonds is 1. The molecule has 1 rings (SSSR count). The Labute approximate surface area is 62.4 Å². The second kappa shape index (κ2) is 3.40. The first-order chi connectivity index (χ1) is 3.77. The minimum absolute atomic E-state index is 0. The van der Waals surface area contributed by atoms with E-state index in [-0.39, 0.29) is 18.0 Å². The topological polar surface area (TPSA) is 21.3 Å². The fraction of sp³-hybridized carbons (Fsp3) is 1.00. The smallest absolute Gasteiger partial charge is 0.0786 e. The van der Waals surface area contributed by atoms with E-state index in [0.29, 0.717) is 0 Å². The molecule has 56 valence electrons. The van der Waals surface area contributed by atoms with Gasteiger partial charge in [0.2, 0.25) is 0 Å². The molecule has 0 amide bonds. The van der Waals surface area contributed by atoms with E-state index in [4.69, 9.17) is 4.74 Å². The van der Waals surface area contributed by atoms with E-state index in [0.717, 1.165) is 19.5 Å². The lowest BCUT2D eigenvalue weighted by Gasteiger charge is -2.19. The van der Waals surface area contributed by atoms with Gasteiger partial charge in [-0.25, -0.2) is 0 Å². The molecule has 9 heavy (non-hydrogen) atoms. The van der Waals surface area contributed by atoms with E-state index in [1.54, 1.807) is 7.11 Å². The molecule has 0 radical (unpaired) electrons. The predicted octanol–water partition coefficient (Wildman–Crippen LogP) is 0.807. The number of hydrogen-bond acceptors (Lipinski definition) is 2. The van der Waals surface area contributed by atoms with Gasteiger partial charge in [0.1, 0.15) is 0 Å². The molecule has 1 N–H and O–H groups in total. The zero-order valence-corrected chi connectivity index (χ0v) is 6.75. The first-order valence-corrected chi connectivity index (χ1v) is 3.03. The highest BCUT2D eigenvalue weighted by molar-refractivity contribution is 5.85. The third-order valence-electron chi connectivity index (χ3n) is 1.82. The molecule has 1 atom stereocenters. The van der Waals surface area contributed by atoms with Crippen molar-refractivity contribution in [2.45, 2.75) is 18.9 Å². The van der Waals surface area contributed by atoms with Crippen molar-refractivity contribution in [3.63, 3.8) is 0 Å². The van der Waals surface area contributed by atoms with Gasteiger partial charge in [-0.3, -0.25) is 0 Å². The monoisotopic (exact) mass is 151 g/mol. The summed E-state index contributed by atoms with van der Waals surface area (Å²) in [6.07, 6.45) is 1.14. The van der Waals surface area contributed by atoms with Gasteiger partial charge in [0, 0.05) is 13.7 Å². The van der Waals surface area contributed by atoms with Crippen molar-refractivity contribution in [3.05, 3.63) is 0 Å². The number of methoxy groups -OCH3 is 1. The van der Waals surface area contributed by atoms with Crippen molar-refractivity contribution >= 4 is 12.4 Å². The van der Waals surface area contributed by atoms with Crippen LogP contribution in [0.4, 0.5) is 0 Å². The Hall–Kier alpha value is 0.210. The average molecular weight is 152 g/mol. The molecule has 0 aromatic carbocycles. The minimum atomic E-state index is 0. The molecule has 0 bridgehead atoms. The predicted molar refractivity (Wildman–Crippen MR) is 40.1 cm³/mol. The second-order valence-electron chi connectivity index (χ2n) is 2.58. The lowest BCUT2D eigenvalue weighted by atomic mass is 10.1. The molecule has 0 saturated carbocycles. The first kappa shape index (κ1) is 9.21. The van der Waals surface area contributed by atoms with Crippen LogP contribution in [0.3, 0.4) is 0 Å². The van der Waals surface area contributed by atoms with Crippen molar-refractivity contribution in [2.75, 3.05) is 20.2 Å². The Kier molecular flexibility index (Phi) is 3.48. The van der Waals surface area contributed by atoms with Crippen molar-refractivity contribution < 1.29 is 4.74 Å². The van der Waals surface area contributed by atoms with Crippen LogP contribution in [0.2, 0.25) is 0 Å². The Balaban J connectivity index is 0.000000640. The summed E-state index contributed by atoms with van der Waals surface area (Å²) in [4.78, 5) is 0. The molecule has 0 aromatic heterocycles. The van der Waals surface area contributed by atoms with Crippen molar-refractivity contribution in [3.8, 4) is 0 Å². The van der Waals surface area contributed by atoms with Crippen LogP contribution >= 0.6 is 12.4 Å². The van der Waals surface area contributed by atoms with Crippen molar-refractivity contribution in [1.82, 2.24) is 5.32 Å². The molecule has 1 saturated heterocycles. The summed E-state index contributed by atoms with van der Waals surface area (Å²) in [5, 5.41) is 3.24. The highest BCUT2D eigenvalue weighted by atomic mass is 35.5. The standard InChI is InChI=1S/C6H13NO.ClH/c1-6(8-2)3-4-7-5-6;/h7H,3-5H2,1-2H3;1H/t6-;/m0./s1. The number of halogens is 1. The van der Waals surface area contributed by atoms with E-state index in [1.165, 1.54) is 0 Å². The lowest BCUT2D eigenvalue weighted by Crippen LogP contribution is -2.29. The maximum absolute atomic E-state index is 5.24. The van der Waals surface area contributed by atoms with Crippen LogP contribution in [0.25, 0.3) is 0 Å². The van der Waals surface area contributed by atoms with E-state index in [9.17, 15) is 0 Å². The summed E-state index contributed by atoms with van der Waals surface area (Å²) in [6.45, 7) is 4.24. The van der Waals surface area contributed by atoms with E-state index in [1.807, 2.05) is 0 Å². The van der Waals surface area contributed by atoms with Gasteiger partial charge in [0.25, 0.3) is 0 Å². The largest absolute Gasteiger partial charge is 0.377 e. The van der Waals surface area contributed by atoms with Gasteiger partial charge in [0.15, 0.2) is 0 Å². The molecular formula is C6H14ClNO. The third-order valence-corrected chi connectivity index (χ3v) is 1.82. The lowest BCUT2D eigenvalue weighted by molar-refractivity contribution is 0.0242. The normalized spacial score (nSPS) is 34.0. The van der Waals surface area contributed by atoms with E-state index in [2.05, 4.69) is 12.2 Å². The Morgan fingerprint density at radius 2 is 2.22 bits per heavy atom. The van der Waals surface area contributed by atoms with Gasteiger partial charge >= 0.3 is 0 Å². The molecule has 3 heteroatoms. The highest BCUT2D eigenvalue weighted by Gasteiger charge is 2.27. The van der Waals surface area contributed by atoms with Crippen LogP contribution in [-0.2, 0) is 4.74 Å². The number of hydrogen-bond donors (Lipinski definition) is 1. The summed E-state index contributed by atoms with van der Waals surface area (Å²) in [5.41, 5.74) is 0.125. The summed E-state index contributed by atoms with van der Waals surface area (Å²) in [6, 6.07) is 0. The van der Waals surface area contributed by atoms with Crippen LogP contribution in [-0.4, -0.2) is 25.8 Å². The van der Waals surface area contributed by atoms with Gasteiger partial charge in [-0.05, 0) is 19.9 Å². The van der Waals surface area contributed by atoms with Crippen LogP contribution in [0.5, 0.6) is 0 Å². The summed E-state index contributed by atoms with van der Waals surface area (Å²) >= 11 is 0. The Morgan fingerprint density at radius 1 is 1.56 bits per heavy atom. The molecule has 0 unspecified atom stereocenters. The highest BCUT2D eigenvalue weighted by Crippen LogP contribution is 2.16. The molecule has 0 aromatic rings. The molecule has 1 heterocycles. The second-order valence-corrected chi connectivity index (χ2v) is 2.58. The van der Waals surface area contributed by atoms with Crippen LogP contribution in [0, 0.1) is 0 Å². The molecule has 0 aliphatic carbocycles. The van der Waals surface area contributed by atoms with Crippen LogP contribution in [0.15, 0.2) is 0 Å². The SMILES string of the molecule is CO[C@@]1(C)CCNC1.Cl. The minimum Gasteiger partial charge on any atom is -0.377 e. The quantitative estimate of drug-likeness (QED) is 0.599. The fourth-order valence-electron chi connectivity index (χ4n) is 0.968. The molecular weight excluding hydrogens is 138 g/mol. The van der Waals surface area contributed by atoms with Gasteiger partial charge < -0.3 is 10.1 Å². The molecule has 1 fully saturated rings. The van der Waals surface area contributed by atoms with Gasteiger partial charge in [0.05, 0.1) is 5.60 Å². The van der Waals surface area contributed by atoms with Gasteiger partial charge in [-0.15, -0.1) is 12.4 Å². The number of ether oxygens (including phenoxy) is 1. The van der Waals surface area contributed by atoms with Gasteiger partial charge in [-0.1, -0.05) is 0 Å². The molecule has 1 aliphatic heterocycles. The maximum Gasteiger partial charge on any atom is 0.0786 e. The summed E-state index contributed by atoms with van der Waals surface area (Å²) in [7, 11) is 1.77.